The Hall–Kier alpha value is -3.87. The number of nitrogen functional groups attached to an aromatic ring is 1. The maximum absolute atomic E-state index is 14.4. The molecule has 0 amide bonds. The quantitative estimate of drug-likeness (QED) is 0.416. The highest BCUT2D eigenvalue weighted by Gasteiger charge is 2.24. The van der Waals surface area contributed by atoms with E-state index in [4.69, 9.17) is 5.73 Å². The number of halogens is 4. The molecular formula is C22H21F4N9. The third-order valence-electron chi connectivity index (χ3n) is 6.05. The summed E-state index contributed by atoms with van der Waals surface area (Å²) >= 11 is 0. The minimum atomic E-state index is -2.34. The maximum Gasteiger partial charge on any atom is 0.251 e. The van der Waals surface area contributed by atoms with E-state index in [1.807, 2.05) is 10.9 Å². The number of pyridine rings is 1. The van der Waals surface area contributed by atoms with Crippen LogP contribution in [0.2, 0.25) is 0 Å². The Labute approximate surface area is 197 Å². The van der Waals surface area contributed by atoms with Crippen molar-refractivity contribution in [3.63, 3.8) is 0 Å². The van der Waals surface area contributed by atoms with Crippen LogP contribution in [0.15, 0.2) is 42.9 Å². The fraction of sp³-hybridized carbons (Fsp3) is 0.318. The van der Waals surface area contributed by atoms with Gasteiger partial charge in [-0.3, -0.25) is 9.58 Å². The van der Waals surface area contributed by atoms with E-state index < -0.39 is 18.1 Å². The number of piperidine rings is 1. The summed E-state index contributed by atoms with van der Waals surface area (Å²) < 4.78 is 56.3. The lowest BCUT2D eigenvalue weighted by atomic mass is 10.1. The van der Waals surface area contributed by atoms with Gasteiger partial charge in [-0.05, 0) is 41.5 Å². The van der Waals surface area contributed by atoms with Gasteiger partial charge >= 0.3 is 0 Å². The molecule has 1 aliphatic rings. The monoisotopic (exact) mass is 487 g/mol. The van der Waals surface area contributed by atoms with Crippen LogP contribution in [0.5, 0.6) is 0 Å². The molecule has 0 saturated carbocycles. The van der Waals surface area contributed by atoms with Crippen molar-refractivity contribution in [2.45, 2.75) is 25.3 Å². The first-order valence-electron chi connectivity index (χ1n) is 10.9. The van der Waals surface area contributed by atoms with Crippen LogP contribution in [0, 0.1) is 11.6 Å². The first kappa shape index (κ1) is 22.9. The summed E-state index contributed by atoms with van der Waals surface area (Å²) in [5.41, 5.74) is 7.67. The number of rotatable bonds is 6. The molecule has 1 aliphatic heterocycles. The molecular weight excluding hydrogens is 466 g/mol. The minimum absolute atomic E-state index is 0.0974. The maximum atomic E-state index is 14.4. The number of benzene rings is 1. The second kappa shape index (κ2) is 9.41. The van der Waals surface area contributed by atoms with Crippen molar-refractivity contribution in [3.05, 3.63) is 54.5 Å². The molecule has 1 fully saturated rings. The summed E-state index contributed by atoms with van der Waals surface area (Å²) in [5.74, 6) is -1.92. The zero-order valence-electron chi connectivity index (χ0n) is 18.4. The van der Waals surface area contributed by atoms with Gasteiger partial charge in [0, 0.05) is 36.6 Å². The molecule has 4 aromatic rings. The van der Waals surface area contributed by atoms with Gasteiger partial charge in [0.1, 0.15) is 11.5 Å². The third-order valence-corrected chi connectivity index (χ3v) is 6.05. The molecule has 9 nitrogen and oxygen atoms in total. The molecule has 3 aromatic heterocycles. The lowest BCUT2D eigenvalue weighted by molar-refractivity contribution is 0.0690. The number of tetrazole rings is 1. The molecule has 5 rings (SSSR count). The van der Waals surface area contributed by atoms with Crippen molar-refractivity contribution in [1.82, 2.24) is 39.9 Å². The van der Waals surface area contributed by atoms with Crippen LogP contribution in [-0.4, -0.2) is 65.9 Å². The van der Waals surface area contributed by atoms with Crippen LogP contribution >= 0.6 is 0 Å². The second-order valence-corrected chi connectivity index (χ2v) is 8.28. The Bertz CT molecular complexity index is 1330. The molecule has 1 aromatic carbocycles. The fourth-order valence-corrected chi connectivity index (χ4v) is 4.23. The molecule has 4 heterocycles. The summed E-state index contributed by atoms with van der Waals surface area (Å²) in [4.78, 5) is 5.99. The van der Waals surface area contributed by atoms with Gasteiger partial charge in [-0.25, -0.2) is 22.5 Å². The number of aromatic nitrogens is 7. The van der Waals surface area contributed by atoms with E-state index in [1.165, 1.54) is 12.1 Å². The summed E-state index contributed by atoms with van der Waals surface area (Å²) in [6, 6.07) is 5.50. The van der Waals surface area contributed by atoms with Crippen molar-refractivity contribution in [3.8, 4) is 28.2 Å². The van der Waals surface area contributed by atoms with Crippen molar-refractivity contribution < 1.29 is 17.6 Å². The third kappa shape index (κ3) is 4.58. The van der Waals surface area contributed by atoms with Crippen molar-refractivity contribution in [2.24, 2.45) is 0 Å². The van der Waals surface area contributed by atoms with E-state index in [2.05, 4.69) is 25.6 Å². The molecule has 0 radical (unpaired) electrons. The SMILES string of the molecule is Nc1ncc(-c2cnn(C3CCN(CC(F)F)CC3)c2)cc1-c1nnnn1-c1cccc(F)c1F. The highest BCUT2D eigenvalue weighted by atomic mass is 19.3. The summed E-state index contributed by atoms with van der Waals surface area (Å²) in [5, 5.41) is 15.8. The minimum Gasteiger partial charge on any atom is -0.383 e. The normalized spacial score (nSPS) is 15.2. The predicted octanol–water partition coefficient (Wildman–Crippen LogP) is 3.35. The highest BCUT2D eigenvalue weighted by molar-refractivity contribution is 5.76. The molecule has 0 bridgehead atoms. The molecule has 0 aliphatic carbocycles. The van der Waals surface area contributed by atoms with Crippen molar-refractivity contribution in [1.29, 1.82) is 0 Å². The van der Waals surface area contributed by atoms with Gasteiger partial charge in [0.25, 0.3) is 6.43 Å². The van der Waals surface area contributed by atoms with E-state index in [0.29, 0.717) is 37.1 Å². The zero-order chi connectivity index (χ0) is 24.5. The topological polar surface area (TPSA) is 104 Å². The molecule has 0 unspecified atom stereocenters. The summed E-state index contributed by atoms with van der Waals surface area (Å²) in [7, 11) is 0. The summed E-state index contributed by atoms with van der Waals surface area (Å²) in [6.45, 7) is 0.949. The predicted molar refractivity (Wildman–Crippen MR) is 119 cm³/mol. The van der Waals surface area contributed by atoms with E-state index >= 15 is 0 Å². The second-order valence-electron chi connectivity index (χ2n) is 8.28. The largest absolute Gasteiger partial charge is 0.383 e. The van der Waals surface area contributed by atoms with Gasteiger partial charge in [-0.1, -0.05) is 6.07 Å². The van der Waals surface area contributed by atoms with Crippen LogP contribution in [0.1, 0.15) is 18.9 Å². The fourth-order valence-electron chi connectivity index (χ4n) is 4.23. The van der Waals surface area contributed by atoms with E-state index in [1.54, 1.807) is 23.4 Å². The number of nitrogens with two attached hydrogens (primary N) is 1. The Balaban J connectivity index is 1.41. The smallest absolute Gasteiger partial charge is 0.251 e. The first-order chi connectivity index (χ1) is 16.9. The van der Waals surface area contributed by atoms with Gasteiger partial charge in [-0.2, -0.15) is 9.78 Å². The standard InChI is InChI=1S/C22H21F4N9/c23-17-2-1-3-18(20(17)26)35-22(30-31-32-35)16-8-13(9-28-21(16)27)14-10-29-34(11-14)15-4-6-33(7-5-15)12-19(24)25/h1-3,8-11,15,19H,4-7,12H2,(H2,27,28). The molecule has 35 heavy (non-hydrogen) atoms. The van der Waals surface area contributed by atoms with Crippen LogP contribution < -0.4 is 5.73 Å². The number of alkyl halides is 2. The van der Waals surface area contributed by atoms with Crippen LogP contribution in [0.3, 0.4) is 0 Å². The van der Waals surface area contributed by atoms with Crippen molar-refractivity contribution >= 4 is 5.82 Å². The van der Waals surface area contributed by atoms with Crippen LogP contribution in [-0.2, 0) is 0 Å². The average Bonchev–Trinajstić information content (AvgIpc) is 3.52. The molecule has 182 valence electrons. The number of anilines is 1. The number of hydrogen-bond donors (Lipinski definition) is 1. The van der Waals surface area contributed by atoms with Gasteiger partial charge < -0.3 is 5.73 Å². The number of hydrogen-bond acceptors (Lipinski definition) is 7. The Morgan fingerprint density at radius 2 is 1.89 bits per heavy atom. The number of likely N-dealkylation sites (tertiary alicyclic amines) is 1. The summed E-state index contributed by atoms with van der Waals surface area (Å²) in [6.07, 6.45) is 4.20. The van der Waals surface area contributed by atoms with Gasteiger partial charge in [0.05, 0.1) is 24.3 Å². The van der Waals surface area contributed by atoms with E-state index in [0.717, 1.165) is 16.3 Å². The van der Waals surface area contributed by atoms with E-state index in [-0.39, 0.29) is 29.9 Å². The van der Waals surface area contributed by atoms with Crippen molar-refractivity contribution in [2.75, 3.05) is 25.4 Å². The highest BCUT2D eigenvalue weighted by Crippen LogP contribution is 2.31. The Kier molecular flexibility index (Phi) is 6.16. The molecule has 2 N–H and O–H groups in total. The Morgan fingerprint density at radius 3 is 2.66 bits per heavy atom. The Morgan fingerprint density at radius 1 is 1.09 bits per heavy atom. The number of nitrogens with zero attached hydrogens (tertiary/aromatic N) is 8. The van der Waals surface area contributed by atoms with E-state index in [9.17, 15) is 17.6 Å². The van der Waals surface area contributed by atoms with Crippen LogP contribution in [0.4, 0.5) is 23.4 Å². The lowest BCUT2D eigenvalue weighted by Gasteiger charge is -2.31. The lowest BCUT2D eigenvalue weighted by Crippen LogP contribution is -2.37. The first-order valence-corrected chi connectivity index (χ1v) is 10.9. The van der Waals surface area contributed by atoms with Gasteiger partial charge in [0.15, 0.2) is 17.5 Å². The molecule has 0 atom stereocenters. The van der Waals surface area contributed by atoms with Crippen LogP contribution in [0.25, 0.3) is 28.2 Å². The van der Waals surface area contributed by atoms with Gasteiger partial charge in [0.2, 0.25) is 0 Å². The molecule has 13 heteroatoms. The molecule has 1 saturated heterocycles. The zero-order valence-corrected chi connectivity index (χ0v) is 18.4. The average molecular weight is 487 g/mol. The molecule has 0 spiro atoms. The van der Waals surface area contributed by atoms with Gasteiger partial charge in [-0.15, -0.1) is 5.10 Å².